The number of rotatable bonds is 8. The molecule has 0 aliphatic rings. The number of nitrogens with zero attached hydrogens (tertiary/aromatic N) is 3. The summed E-state index contributed by atoms with van der Waals surface area (Å²) in [5.41, 5.74) is 3.38. The lowest BCUT2D eigenvalue weighted by Crippen LogP contribution is -2.40. The standard InChI is InChI=1S/C22H27N5O.HI/c1-18(20-10-6-11-21(16-20)27-14-7-12-25-27)26-22(23-2)24-13-15-28-17-19-8-4-3-5-9-19;/h3-12,14,16,18H,13,15,17H2,1-2H3,(H2,23,24,26);1H. The fraction of sp³-hybridized carbons (Fsp3) is 0.273. The van der Waals surface area contributed by atoms with Gasteiger partial charge in [0.05, 0.1) is 24.9 Å². The van der Waals surface area contributed by atoms with Crippen molar-refractivity contribution in [3.05, 3.63) is 84.2 Å². The maximum absolute atomic E-state index is 5.71. The number of aromatic nitrogens is 2. The van der Waals surface area contributed by atoms with Crippen LogP contribution in [-0.4, -0.2) is 35.9 Å². The van der Waals surface area contributed by atoms with Crippen molar-refractivity contribution in [1.82, 2.24) is 20.4 Å². The monoisotopic (exact) mass is 505 g/mol. The van der Waals surface area contributed by atoms with Crippen LogP contribution >= 0.6 is 24.0 Å². The van der Waals surface area contributed by atoms with Crippen LogP contribution in [0.2, 0.25) is 0 Å². The van der Waals surface area contributed by atoms with Crippen LogP contribution in [0.5, 0.6) is 0 Å². The predicted octanol–water partition coefficient (Wildman–Crippen LogP) is 3.93. The van der Waals surface area contributed by atoms with Gasteiger partial charge in [0.25, 0.3) is 0 Å². The Balaban J connectivity index is 0.00000300. The van der Waals surface area contributed by atoms with Crippen LogP contribution in [0.1, 0.15) is 24.1 Å². The number of ether oxygens (including phenoxy) is 1. The quantitative estimate of drug-likeness (QED) is 0.211. The van der Waals surface area contributed by atoms with Gasteiger partial charge in [0, 0.05) is 26.0 Å². The maximum atomic E-state index is 5.71. The number of hydrogen-bond donors (Lipinski definition) is 2. The number of halogens is 1. The Morgan fingerprint density at radius 3 is 2.69 bits per heavy atom. The smallest absolute Gasteiger partial charge is 0.191 e. The molecule has 0 saturated carbocycles. The van der Waals surface area contributed by atoms with Crippen molar-refractivity contribution in [2.45, 2.75) is 19.6 Å². The predicted molar refractivity (Wildman–Crippen MR) is 128 cm³/mol. The molecule has 0 amide bonds. The SMILES string of the molecule is CN=C(NCCOCc1ccccc1)NC(C)c1cccc(-n2cccn2)c1.I. The summed E-state index contributed by atoms with van der Waals surface area (Å²) < 4.78 is 7.56. The summed E-state index contributed by atoms with van der Waals surface area (Å²) in [6, 6.07) is 20.5. The van der Waals surface area contributed by atoms with Crippen molar-refractivity contribution in [2.75, 3.05) is 20.2 Å². The summed E-state index contributed by atoms with van der Waals surface area (Å²) in [6.07, 6.45) is 3.72. The van der Waals surface area contributed by atoms with Gasteiger partial charge in [-0.05, 0) is 36.2 Å². The van der Waals surface area contributed by atoms with Gasteiger partial charge in [-0.1, -0.05) is 42.5 Å². The van der Waals surface area contributed by atoms with E-state index in [2.05, 4.69) is 51.9 Å². The average Bonchev–Trinajstić information content (AvgIpc) is 3.28. The zero-order valence-corrected chi connectivity index (χ0v) is 19.1. The molecule has 1 aromatic heterocycles. The number of aliphatic imine (C=N–C) groups is 1. The summed E-state index contributed by atoms with van der Waals surface area (Å²) in [6.45, 7) is 4.03. The molecule has 2 N–H and O–H groups in total. The Morgan fingerprint density at radius 1 is 1.14 bits per heavy atom. The molecule has 0 spiro atoms. The molecule has 0 radical (unpaired) electrons. The zero-order chi connectivity index (χ0) is 19.6. The van der Waals surface area contributed by atoms with E-state index in [1.165, 1.54) is 5.56 Å². The fourth-order valence-electron chi connectivity index (χ4n) is 2.85. The molecule has 0 aliphatic carbocycles. The van der Waals surface area contributed by atoms with E-state index in [0.29, 0.717) is 19.8 Å². The lowest BCUT2D eigenvalue weighted by Gasteiger charge is -2.19. The normalized spacial score (nSPS) is 12.1. The van der Waals surface area contributed by atoms with Gasteiger partial charge in [-0.3, -0.25) is 4.99 Å². The van der Waals surface area contributed by atoms with Crippen molar-refractivity contribution in [1.29, 1.82) is 0 Å². The van der Waals surface area contributed by atoms with E-state index in [-0.39, 0.29) is 30.0 Å². The third-order valence-corrected chi connectivity index (χ3v) is 4.37. The van der Waals surface area contributed by atoms with E-state index < -0.39 is 0 Å². The summed E-state index contributed by atoms with van der Waals surface area (Å²) in [7, 11) is 1.77. The Bertz CT molecular complexity index is 868. The first-order valence-electron chi connectivity index (χ1n) is 9.45. The zero-order valence-electron chi connectivity index (χ0n) is 16.8. The van der Waals surface area contributed by atoms with Gasteiger partial charge < -0.3 is 15.4 Å². The molecule has 7 heteroatoms. The Hall–Kier alpha value is -2.39. The van der Waals surface area contributed by atoms with Gasteiger partial charge in [0.1, 0.15) is 0 Å². The van der Waals surface area contributed by atoms with Gasteiger partial charge in [0.15, 0.2) is 5.96 Å². The van der Waals surface area contributed by atoms with Crippen LogP contribution in [0.25, 0.3) is 5.69 Å². The van der Waals surface area contributed by atoms with Gasteiger partial charge in [-0.2, -0.15) is 5.10 Å². The Kier molecular flexibility index (Phi) is 9.66. The Morgan fingerprint density at radius 2 is 1.97 bits per heavy atom. The molecule has 154 valence electrons. The number of hydrogen-bond acceptors (Lipinski definition) is 3. The minimum atomic E-state index is 0. The van der Waals surface area contributed by atoms with Crippen molar-refractivity contribution in [3.8, 4) is 5.69 Å². The highest BCUT2D eigenvalue weighted by Crippen LogP contribution is 2.16. The largest absolute Gasteiger partial charge is 0.375 e. The highest BCUT2D eigenvalue weighted by molar-refractivity contribution is 14.0. The van der Waals surface area contributed by atoms with Crippen molar-refractivity contribution < 1.29 is 4.74 Å². The molecule has 1 atom stereocenters. The molecule has 0 aliphatic heterocycles. The van der Waals surface area contributed by atoms with Crippen LogP contribution in [0.4, 0.5) is 0 Å². The van der Waals surface area contributed by atoms with Gasteiger partial charge in [-0.25, -0.2) is 4.68 Å². The molecular formula is C22H28IN5O. The number of benzene rings is 2. The first-order chi connectivity index (χ1) is 13.8. The second-order valence-corrected chi connectivity index (χ2v) is 6.45. The first-order valence-corrected chi connectivity index (χ1v) is 9.45. The minimum absolute atomic E-state index is 0. The molecule has 6 nitrogen and oxygen atoms in total. The fourth-order valence-corrected chi connectivity index (χ4v) is 2.85. The molecule has 1 heterocycles. The van der Waals surface area contributed by atoms with Crippen molar-refractivity contribution in [2.24, 2.45) is 4.99 Å². The molecule has 29 heavy (non-hydrogen) atoms. The van der Waals surface area contributed by atoms with Crippen LogP contribution < -0.4 is 10.6 Å². The molecule has 2 aromatic carbocycles. The average molecular weight is 505 g/mol. The topological polar surface area (TPSA) is 63.5 Å². The summed E-state index contributed by atoms with van der Waals surface area (Å²) in [4.78, 5) is 4.30. The van der Waals surface area contributed by atoms with E-state index in [1.54, 1.807) is 13.2 Å². The summed E-state index contributed by atoms with van der Waals surface area (Å²) in [5.74, 6) is 0.750. The number of guanidine groups is 1. The first kappa shape index (κ1) is 22.9. The van der Waals surface area contributed by atoms with E-state index in [4.69, 9.17) is 4.74 Å². The van der Waals surface area contributed by atoms with Crippen LogP contribution in [0.15, 0.2) is 78.0 Å². The molecular weight excluding hydrogens is 477 g/mol. The minimum Gasteiger partial charge on any atom is -0.375 e. The van der Waals surface area contributed by atoms with Crippen molar-refractivity contribution >= 4 is 29.9 Å². The molecule has 0 saturated heterocycles. The lowest BCUT2D eigenvalue weighted by molar-refractivity contribution is 0.125. The van der Waals surface area contributed by atoms with Crippen LogP contribution in [-0.2, 0) is 11.3 Å². The van der Waals surface area contributed by atoms with Gasteiger partial charge in [0.2, 0.25) is 0 Å². The summed E-state index contributed by atoms with van der Waals surface area (Å²) >= 11 is 0. The highest BCUT2D eigenvalue weighted by Gasteiger charge is 2.09. The molecule has 1 unspecified atom stereocenters. The second kappa shape index (κ2) is 12.2. The van der Waals surface area contributed by atoms with Crippen LogP contribution in [0.3, 0.4) is 0 Å². The lowest BCUT2D eigenvalue weighted by atomic mass is 10.1. The van der Waals surface area contributed by atoms with E-state index in [0.717, 1.165) is 17.2 Å². The van der Waals surface area contributed by atoms with E-state index in [1.807, 2.05) is 47.3 Å². The Labute approximate surface area is 189 Å². The second-order valence-electron chi connectivity index (χ2n) is 6.45. The van der Waals surface area contributed by atoms with E-state index >= 15 is 0 Å². The third-order valence-electron chi connectivity index (χ3n) is 4.37. The molecule has 3 rings (SSSR count). The third kappa shape index (κ3) is 7.17. The molecule has 3 aromatic rings. The maximum Gasteiger partial charge on any atom is 0.191 e. The summed E-state index contributed by atoms with van der Waals surface area (Å²) in [5, 5.41) is 11.0. The van der Waals surface area contributed by atoms with Gasteiger partial charge in [-0.15, -0.1) is 24.0 Å². The molecule has 0 bridgehead atoms. The van der Waals surface area contributed by atoms with E-state index in [9.17, 15) is 0 Å². The highest BCUT2D eigenvalue weighted by atomic mass is 127. The van der Waals surface area contributed by atoms with Crippen molar-refractivity contribution in [3.63, 3.8) is 0 Å². The molecule has 0 fully saturated rings. The van der Waals surface area contributed by atoms with Gasteiger partial charge >= 0.3 is 0 Å². The number of nitrogens with one attached hydrogen (secondary N) is 2. The van der Waals surface area contributed by atoms with Crippen LogP contribution in [0, 0.1) is 0 Å².